The summed E-state index contributed by atoms with van der Waals surface area (Å²) in [6, 6.07) is -0.0808. The summed E-state index contributed by atoms with van der Waals surface area (Å²) in [5, 5.41) is 38.9. The number of carbonyl (C=O) groups is 2. The molecule has 0 aliphatic carbocycles. The first-order valence-electron chi connectivity index (χ1n) is 13.1. The van der Waals surface area contributed by atoms with Crippen LogP contribution in [-0.2, 0) is 9.59 Å². The van der Waals surface area contributed by atoms with Crippen LogP contribution >= 0.6 is 0 Å². The Labute approximate surface area is 201 Å². The van der Waals surface area contributed by atoms with Crippen molar-refractivity contribution >= 4 is 11.9 Å². The van der Waals surface area contributed by atoms with Gasteiger partial charge in [-0.3, -0.25) is 4.79 Å². The normalized spacial score (nSPS) is 15.7. The van der Waals surface area contributed by atoms with Crippen LogP contribution in [0.15, 0.2) is 0 Å². The molecule has 0 bridgehead atoms. The highest BCUT2D eigenvalue weighted by Gasteiger charge is 2.60. The predicted octanol–water partition coefficient (Wildman–Crippen LogP) is 4.83. The van der Waals surface area contributed by atoms with Crippen LogP contribution in [0.5, 0.6) is 0 Å². The van der Waals surface area contributed by atoms with Crippen molar-refractivity contribution in [1.29, 1.82) is 0 Å². The molecule has 0 heterocycles. The first-order chi connectivity index (χ1) is 15.6. The maximum Gasteiger partial charge on any atom is 0.366 e. The number of nitrogens with zero attached hydrogens (tertiary/aromatic N) is 1. The van der Waals surface area contributed by atoms with Crippen LogP contribution in [-0.4, -0.2) is 75.7 Å². The fraction of sp³-hybridized carbons (Fsp3) is 0.923. The first kappa shape index (κ1) is 31.8. The van der Waals surface area contributed by atoms with E-state index in [1.54, 1.807) is 0 Å². The van der Waals surface area contributed by atoms with Crippen LogP contribution < -0.4 is 0 Å². The molecule has 0 saturated carbocycles. The van der Waals surface area contributed by atoms with Crippen molar-refractivity contribution in [1.82, 2.24) is 0 Å². The summed E-state index contributed by atoms with van der Waals surface area (Å²) in [6.45, 7) is 3.54. The predicted molar refractivity (Wildman–Crippen MR) is 132 cm³/mol. The lowest BCUT2D eigenvalue weighted by Gasteiger charge is -2.52. The van der Waals surface area contributed by atoms with Crippen LogP contribution in [0.1, 0.15) is 110 Å². The number of unbranched alkanes of at least 4 members (excludes halogenated alkanes) is 9. The number of aliphatic carboxylic acids is 2. The van der Waals surface area contributed by atoms with E-state index in [9.17, 15) is 30.0 Å². The lowest BCUT2D eigenvalue weighted by atomic mass is 9.76. The number of aliphatic hydroxyl groups excluding tert-OH is 2. The maximum absolute atomic E-state index is 12.6. The maximum atomic E-state index is 12.6. The van der Waals surface area contributed by atoms with E-state index >= 15 is 0 Å². The SMILES string of the molecule is CCCCCCCCCCCCC(CCCO)[N+](C)(C)C(CCCO)(C(=O)O)C(C)C(=O)O. The summed E-state index contributed by atoms with van der Waals surface area (Å²) in [4.78, 5) is 24.6. The summed E-state index contributed by atoms with van der Waals surface area (Å²) in [6.07, 6.45) is 14.5. The van der Waals surface area contributed by atoms with E-state index in [0.717, 1.165) is 25.7 Å². The average molecular weight is 475 g/mol. The highest BCUT2D eigenvalue weighted by atomic mass is 16.4. The third-order valence-electron chi connectivity index (χ3n) is 7.70. The van der Waals surface area contributed by atoms with Gasteiger partial charge in [0.15, 0.2) is 0 Å². The number of hydrogen-bond acceptors (Lipinski definition) is 4. The Morgan fingerprint density at radius 3 is 1.64 bits per heavy atom. The Balaban J connectivity index is 5.25. The minimum atomic E-state index is -1.55. The van der Waals surface area contributed by atoms with Gasteiger partial charge in [0.2, 0.25) is 5.54 Å². The second kappa shape index (κ2) is 17.3. The molecule has 0 aromatic heterocycles. The largest absolute Gasteiger partial charge is 0.481 e. The molecule has 0 aromatic carbocycles. The van der Waals surface area contributed by atoms with E-state index < -0.39 is 23.4 Å². The van der Waals surface area contributed by atoms with Crippen molar-refractivity contribution in [3.05, 3.63) is 0 Å². The molecule has 3 unspecified atom stereocenters. The Morgan fingerprint density at radius 1 is 0.758 bits per heavy atom. The van der Waals surface area contributed by atoms with Gasteiger partial charge < -0.3 is 24.9 Å². The summed E-state index contributed by atoms with van der Waals surface area (Å²) in [5.74, 6) is -3.38. The highest BCUT2D eigenvalue weighted by Crippen LogP contribution is 2.39. The van der Waals surface area contributed by atoms with Crippen molar-refractivity contribution in [3.8, 4) is 0 Å². The van der Waals surface area contributed by atoms with Gasteiger partial charge in [0, 0.05) is 26.1 Å². The zero-order valence-corrected chi connectivity index (χ0v) is 21.7. The molecule has 3 atom stereocenters. The Hall–Kier alpha value is -1.18. The lowest BCUT2D eigenvalue weighted by Crippen LogP contribution is -2.72. The molecule has 0 rings (SSSR count). The number of likely N-dealkylation sites (N-methyl/N-ethyl adjacent to an activating group) is 1. The molecule has 7 nitrogen and oxygen atoms in total. The molecule has 0 aromatic rings. The van der Waals surface area contributed by atoms with Crippen LogP contribution in [0.3, 0.4) is 0 Å². The quantitative estimate of drug-likeness (QED) is 0.132. The summed E-state index contributed by atoms with van der Waals surface area (Å²) >= 11 is 0. The van der Waals surface area contributed by atoms with Gasteiger partial charge in [-0.1, -0.05) is 64.7 Å². The second-order valence-electron chi connectivity index (χ2n) is 10.1. The standard InChI is InChI=1S/C26H51NO6/c1-5-6-7-8-9-10-11-12-13-14-17-23(18-15-20-28)27(3,4)26(25(32)33,19-16-21-29)22(2)24(30)31/h22-23,28-29H,5-21H2,1-4H3,(H-,30,31,32,33)/p+1. The fourth-order valence-electron chi connectivity index (χ4n) is 5.41. The first-order valence-corrected chi connectivity index (χ1v) is 13.1. The second-order valence-corrected chi connectivity index (χ2v) is 10.1. The number of aliphatic hydroxyl groups is 2. The molecule has 0 saturated heterocycles. The third-order valence-corrected chi connectivity index (χ3v) is 7.70. The molecule has 0 radical (unpaired) electrons. The number of hydrogen-bond donors (Lipinski definition) is 4. The minimum Gasteiger partial charge on any atom is -0.481 e. The van der Waals surface area contributed by atoms with Gasteiger partial charge in [-0.25, -0.2) is 4.79 Å². The molecule has 0 spiro atoms. The van der Waals surface area contributed by atoms with Gasteiger partial charge in [-0.15, -0.1) is 0 Å². The topological polar surface area (TPSA) is 115 Å². The lowest BCUT2D eigenvalue weighted by molar-refractivity contribution is -0.959. The molecule has 0 aliphatic rings. The van der Waals surface area contributed by atoms with Gasteiger partial charge in [0.1, 0.15) is 5.92 Å². The fourth-order valence-corrected chi connectivity index (χ4v) is 5.41. The van der Waals surface area contributed by atoms with Crippen molar-refractivity contribution < 1.29 is 34.5 Å². The molecule has 0 aliphatic heterocycles. The van der Waals surface area contributed by atoms with E-state index in [2.05, 4.69) is 6.92 Å². The molecule has 196 valence electrons. The van der Waals surface area contributed by atoms with Gasteiger partial charge in [0.05, 0.1) is 20.1 Å². The molecule has 33 heavy (non-hydrogen) atoms. The van der Waals surface area contributed by atoms with E-state index in [1.807, 2.05) is 14.1 Å². The third kappa shape index (κ3) is 9.91. The molecule has 0 amide bonds. The average Bonchev–Trinajstić information content (AvgIpc) is 2.76. The van der Waals surface area contributed by atoms with Gasteiger partial charge in [-0.2, -0.15) is 0 Å². The Bertz CT molecular complexity index is 539. The van der Waals surface area contributed by atoms with Crippen LogP contribution in [0.4, 0.5) is 0 Å². The van der Waals surface area contributed by atoms with E-state index in [0.29, 0.717) is 12.8 Å². The van der Waals surface area contributed by atoms with Crippen molar-refractivity contribution in [2.45, 2.75) is 122 Å². The van der Waals surface area contributed by atoms with Crippen molar-refractivity contribution in [3.63, 3.8) is 0 Å². The number of carboxylic acids is 2. The molecular formula is C26H52NO6+. The number of carboxylic acid groups (broad SMARTS) is 2. The Kier molecular flexibility index (Phi) is 16.7. The zero-order chi connectivity index (χ0) is 25.3. The van der Waals surface area contributed by atoms with Gasteiger partial charge in [-0.05, 0) is 32.6 Å². The molecule has 7 heteroatoms. The van der Waals surface area contributed by atoms with E-state index in [4.69, 9.17) is 0 Å². The van der Waals surface area contributed by atoms with Crippen LogP contribution in [0, 0.1) is 5.92 Å². The number of quaternary nitrogens is 1. The van der Waals surface area contributed by atoms with Crippen molar-refractivity contribution in [2.24, 2.45) is 5.92 Å². The van der Waals surface area contributed by atoms with Crippen LogP contribution in [0.25, 0.3) is 0 Å². The Morgan fingerprint density at radius 2 is 1.21 bits per heavy atom. The zero-order valence-electron chi connectivity index (χ0n) is 21.7. The minimum absolute atomic E-state index is 0.0275. The molecular weight excluding hydrogens is 422 g/mol. The molecule has 0 fully saturated rings. The van der Waals surface area contributed by atoms with E-state index in [-0.39, 0.29) is 36.6 Å². The summed E-state index contributed by atoms with van der Waals surface area (Å²) in [7, 11) is 3.65. The summed E-state index contributed by atoms with van der Waals surface area (Å²) < 4.78 is 0.0349. The van der Waals surface area contributed by atoms with Gasteiger partial charge >= 0.3 is 11.9 Å². The van der Waals surface area contributed by atoms with Crippen LogP contribution in [0.2, 0.25) is 0 Å². The molecule has 4 N–H and O–H groups in total. The summed E-state index contributed by atoms with van der Waals surface area (Å²) in [5.41, 5.74) is -1.55. The van der Waals surface area contributed by atoms with Gasteiger partial charge in [0.25, 0.3) is 0 Å². The monoisotopic (exact) mass is 474 g/mol. The van der Waals surface area contributed by atoms with E-state index in [1.165, 1.54) is 51.9 Å². The number of rotatable bonds is 22. The van der Waals surface area contributed by atoms with Crippen molar-refractivity contribution in [2.75, 3.05) is 27.3 Å². The smallest absolute Gasteiger partial charge is 0.366 e. The highest BCUT2D eigenvalue weighted by molar-refractivity contribution is 5.85.